The number of rotatable bonds is 2. The maximum atomic E-state index is 10.9. The van der Waals surface area contributed by atoms with E-state index in [1.807, 2.05) is 0 Å². The normalized spacial score (nSPS) is 17.8. The zero-order chi connectivity index (χ0) is 12.4. The van der Waals surface area contributed by atoms with Crippen LogP contribution in [-0.2, 0) is 4.79 Å². The van der Waals surface area contributed by atoms with Gasteiger partial charge in [0.15, 0.2) is 0 Å². The molecule has 0 saturated carbocycles. The Morgan fingerprint density at radius 2 is 2.00 bits per heavy atom. The first-order chi connectivity index (χ1) is 8.08. The van der Waals surface area contributed by atoms with E-state index < -0.39 is 5.97 Å². The van der Waals surface area contributed by atoms with Gasteiger partial charge in [0.1, 0.15) is 16.4 Å². The largest absolute Gasteiger partial charge is 0.510 e. The third-order valence-electron chi connectivity index (χ3n) is 2.12. The number of aliphatic hydroxyl groups excluding tert-OH is 1. The number of benzene rings is 1. The first-order valence-corrected chi connectivity index (χ1v) is 6.07. The average molecular weight is 270 g/mol. The van der Waals surface area contributed by atoms with E-state index in [4.69, 9.17) is 16.7 Å². The summed E-state index contributed by atoms with van der Waals surface area (Å²) in [4.78, 5) is 15.1. The van der Waals surface area contributed by atoms with Crippen molar-refractivity contribution in [2.45, 2.75) is 0 Å². The van der Waals surface area contributed by atoms with Gasteiger partial charge in [0.25, 0.3) is 0 Å². The zero-order valence-electron chi connectivity index (χ0n) is 8.55. The van der Waals surface area contributed by atoms with E-state index in [-0.39, 0.29) is 17.1 Å². The van der Waals surface area contributed by atoms with Gasteiger partial charge in [-0.1, -0.05) is 23.4 Å². The number of aliphatic hydroxyl groups is 1. The van der Waals surface area contributed by atoms with Gasteiger partial charge in [0.2, 0.25) is 0 Å². The summed E-state index contributed by atoms with van der Waals surface area (Å²) >= 11 is 6.93. The molecule has 1 heterocycles. The van der Waals surface area contributed by atoms with Crippen LogP contribution in [0.1, 0.15) is 0 Å². The molecule has 0 unspecified atom stereocenters. The molecule has 0 aliphatic carbocycles. The third kappa shape index (κ3) is 2.62. The van der Waals surface area contributed by atoms with E-state index in [0.717, 1.165) is 0 Å². The Labute approximate surface area is 107 Å². The number of thioether (sulfide) groups is 1. The molecule has 88 valence electrons. The molecular weight excluding hydrogens is 262 g/mol. The molecule has 0 spiro atoms. The molecule has 2 N–H and O–H groups in total. The summed E-state index contributed by atoms with van der Waals surface area (Å²) in [6.45, 7) is 0. The monoisotopic (exact) mass is 269 g/mol. The molecule has 2 rings (SSSR count). The van der Waals surface area contributed by atoms with E-state index >= 15 is 0 Å². The predicted molar refractivity (Wildman–Crippen MR) is 68.3 cm³/mol. The van der Waals surface area contributed by atoms with Crippen molar-refractivity contribution in [3.8, 4) is 0 Å². The number of hydrogen-bond donors (Lipinski definition) is 2. The van der Waals surface area contributed by atoms with E-state index in [1.54, 1.807) is 24.3 Å². The fourth-order valence-corrected chi connectivity index (χ4v) is 2.40. The number of carboxylic acids is 1. The minimum atomic E-state index is -1.17. The summed E-state index contributed by atoms with van der Waals surface area (Å²) in [5, 5.41) is 19.3. The third-order valence-corrected chi connectivity index (χ3v) is 3.36. The van der Waals surface area contributed by atoms with Crippen LogP contribution in [0.5, 0.6) is 0 Å². The molecule has 6 heteroatoms. The highest BCUT2D eigenvalue weighted by Gasteiger charge is 2.27. The van der Waals surface area contributed by atoms with Gasteiger partial charge < -0.3 is 10.2 Å². The lowest BCUT2D eigenvalue weighted by molar-refractivity contribution is -0.132. The highest BCUT2D eigenvalue weighted by atomic mass is 35.5. The van der Waals surface area contributed by atoms with Crippen LogP contribution in [0.4, 0.5) is 5.69 Å². The second kappa shape index (κ2) is 4.81. The molecule has 0 amide bonds. The molecule has 4 nitrogen and oxygen atoms in total. The van der Waals surface area contributed by atoms with Crippen molar-refractivity contribution in [1.29, 1.82) is 0 Å². The molecule has 0 saturated heterocycles. The van der Waals surface area contributed by atoms with Crippen LogP contribution in [0.3, 0.4) is 0 Å². The van der Waals surface area contributed by atoms with Gasteiger partial charge in [0.05, 0.1) is 11.4 Å². The number of aliphatic carboxylic acids is 1. The fourth-order valence-electron chi connectivity index (χ4n) is 1.34. The zero-order valence-corrected chi connectivity index (χ0v) is 10.1. The molecular formula is C11H8ClNO3S. The Morgan fingerprint density at radius 1 is 1.35 bits per heavy atom. The van der Waals surface area contributed by atoms with Crippen molar-refractivity contribution in [3.63, 3.8) is 0 Å². The molecule has 1 aliphatic heterocycles. The lowest BCUT2D eigenvalue weighted by atomic mass is 10.2. The van der Waals surface area contributed by atoms with Crippen molar-refractivity contribution in [1.82, 2.24) is 0 Å². The molecule has 0 atom stereocenters. The van der Waals surface area contributed by atoms with E-state index in [1.165, 1.54) is 11.8 Å². The topological polar surface area (TPSA) is 69.9 Å². The highest BCUT2D eigenvalue weighted by molar-refractivity contribution is 8.15. The molecule has 1 aliphatic rings. The lowest BCUT2D eigenvalue weighted by Crippen LogP contribution is -2.07. The molecule has 0 bridgehead atoms. The number of carboxylic acid groups (broad SMARTS) is 1. The van der Waals surface area contributed by atoms with Crippen molar-refractivity contribution >= 4 is 40.1 Å². The van der Waals surface area contributed by atoms with Crippen molar-refractivity contribution in [2.75, 3.05) is 5.75 Å². The maximum Gasteiger partial charge on any atom is 0.341 e. The second-order valence-electron chi connectivity index (χ2n) is 3.31. The van der Waals surface area contributed by atoms with Crippen LogP contribution >= 0.6 is 23.4 Å². The summed E-state index contributed by atoms with van der Waals surface area (Å²) in [5.41, 5.74) is 0.482. The van der Waals surface area contributed by atoms with Crippen LogP contribution in [-0.4, -0.2) is 27.0 Å². The molecule has 0 fully saturated rings. The van der Waals surface area contributed by atoms with Gasteiger partial charge in [-0.15, -0.1) is 0 Å². The number of halogens is 1. The summed E-state index contributed by atoms with van der Waals surface area (Å²) < 4.78 is 0. The van der Waals surface area contributed by atoms with E-state index in [2.05, 4.69) is 4.99 Å². The van der Waals surface area contributed by atoms with Crippen molar-refractivity contribution in [3.05, 3.63) is 40.6 Å². The average Bonchev–Trinajstić information content (AvgIpc) is 2.63. The van der Waals surface area contributed by atoms with Gasteiger partial charge in [0, 0.05) is 5.02 Å². The van der Waals surface area contributed by atoms with Crippen LogP contribution in [0.2, 0.25) is 5.02 Å². The summed E-state index contributed by atoms with van der Waals surface area (Å²) in [5.74, 6) is -1.07. The summed E-state index contributed by atoms with van der Waals surface area (Å²) in [7, 11) is 0. The summed E-state index contributed by atoms with van der Waals surface area (Å²) in [6, 6.07) is 6.71. The van der Waals surface area contributed by atoms with E-state index in [0.29, 0.717) is 15.8 Å². The maximum absolute atomic E-state index is 10.9. The van der Waals surface area contributed by atoms with Gasteiger partial charge in [-0.05, 0) is 24.3 Å². The number of nitrogens with zero attached hydrogens (tertiary/aromatic N) is 1. The van der Waals surface area contributed by atoms with Gasteiger partial charge >= 0.3 is 5.97 Å². The quantitative estimate of drug-likeness (QED) is 0.866. The Kier molecular flexibility index (Phi) is 3.40. The van der Waals surface area contributed by atoms with Crippen LogP contribution in [0, 0.1) is 0 Å². The lowest BCUT2D eigenvalue weighted by Gasteiger charge is -1.99. The van der Waals surface area contributed by atoms with Crippen LogP contribution < -0.4 is 0 Å². The Morgan fingerprint density at radius 3 is 2.59 bits per heavy atom. The Hall–Kier alpha value is -1.46. The van der Waals surface area contributed by atoms with Gasteiger partial charge in [-0.3, -0.25) is 0 Å². The Balaban J connectivity index is 2.35. The SMILES string of the molecule is O=C(O)C1=C(O)CSC1=Nc1ccc(Cl)cc1. The molecule has 0 aromatic heterocycles. The van der Waals surface area contributed by atoms with Crippen LogP contribution in [0.25, 0.3) is 0 Å². The molecule has 1 aromatic rings. The van der Waals surface area contributed by atoms with Crippen molar-refractivity contribution < 1.29 is 15.0 Å². The minimum absolute atomic E-state index is 0.120. The van der Waals surface area contributed by atoms with Gasteiger partial charge in [-0.25, -0.2) is 9.79 Å². The predicted octanol–water partition coefficient (Wildman–Crippen LogP) is 3.01. The Bertz CT molecular complexity index is 522. The molecule has 0 radical (unpaired) electrons. The number of carbonyl (C=O) groups is 1. The second-order valence-corrected chi connectivity index (χ2v) is 4.71. The number of aliphatic imine (C=N–C) groups is 1. The van der Waals surface area contributed by atoms with Gasteiger partial charge in [-0.2, -0.15) is 0 Å². The van der Waals surface area contributed by atoms with E-state index in [9.17, 15) is 9.90 Å². The van der Waals surface area contributed by atoms with Crippen LogP contribution in [0.15, 0.2) is 40.6 Å². The first-order valence-electron chi connectivity index (χ1n) is 4.71. The smallest absolute Gasteiger partial charge is 0.341 e. The standard InChI is InChI=1S/C11H8ClNO3S/c12-6-1-3-7(4-2-6)13-10-9(11(15)16)8(14)5-17-10/h1-4,14H,5H2,(H,15,16). The van der Waals surface area contributed by atoms with Crippen molar-refractivity contribution in [2.24, 2.45) is 4.99 Å². The molecule has 1 aromatic carbocycles. The fraction of sp³-hybridized carbons (Fsp3) is 0.0909. The first kappa shape index (κ1) is 12.0. The number of hydrogen-bond acceptors (Lipinski definition) is 4. The minimum Gasteiger partial charge on any atom is -0.510 e. The summed E-state index contributed by atoms with van der Waals surface area (Å²) in [6.07, 6.45) is 0. The molecule has 17 heavy (non-hydrogen) atoms. The highest BCUT2D eigenvalue weighted by Crippen LogP contribution is 2.29.